The molecule has 1 unspecified atom stereocenters. The first kappa shape index (κ1) is 12.2. The molecule has 1 saturated heterocycles. The lowest BCUT2D eigenvalue weighted by Gasteiger charge is -2.29. The molecular formula is C13H18INO. The zero-order valence-corrected chi connectivity index (χ0v) is 11.8. The summed E-state index contributed by atoms with van der Waals surface area (Å²) in [5, 5.41) is 0. The first-order valence-corrected chi connectivity index (χ1v) is 6.89. The first-order chi connectivity index (χ1) is 7.74. The number of hydrogen-bond acceptors (Lipinski definition) is 2. The van der Waals surface area contributed by atoms with Crippen molar-refractivity contribution in [3.05, 3.63) is 27.8 Å². The topological polar surface area (TPSA) is 12.5 Å². The van der Waals surface area contributed by atoms with Crippen molar-refractivity contribution >= 4 is 22.6 Å². The Morgan fingerprint density at radius 2 is 2.12 bits per heavy atom. The Morgan fingerprint density at radius 3 is 2.81 bits per heavy atom. The van der Waals surface area contributed by atoms with Crippen LogP contribution in [-0.2, 0) is 0 Å². The van der Waals surface area contributed by atoms with Crippen molar-refractivity contribution in [2.24, 2.45) is 5.92 Å². The Morgan fingerprint density at radius 1 is 1.38 bits per heavy atom. The van der Waals surface area contributed by atoms with E-state index in [0.717, 1.165) is 12.4 Å². The number of halogens is 1. The van der Waals surface area contributed by atoms with Crippen molar-refractivity contribution in [2.75, 3.05) is 26.7 Å². The number of benzene rings is 1. The van der Waals surface area contributed by atoms with Gasteiger partial charge in [0.1, 0.15) is 5.75 Å². The Balaban J connectivity index is 1.80. The summed E-state index contributed by atoms with van der Waals surface area (Å²) < 4.78 is 7.07. The third-order valence-corrected chi connectivity index (χ3v) is 3.74. The molecule has 1 aromatic rings. The summed E-state index contributed by atoms with van der Waals surface area (Å²) in [7, 11) is 2.19. The highest BCUT2D eigenvalue weighted by molar-refractivity contribution is 14.1. The van der Waals surface area contributed by atoms with Crippen molar-refractivity contribution in [3.63, 3.8) is 0 Å². The fraction of sp³-hybridized carbons (Fsp3) is 0.538. The molecule has 1 heterocycles. The van der Waals surface area contributed by atoms with Gasteiger partial charge in [0.05, 0.1) is 6.61 Å². The summed E-state index contributed by atoms with van der Waals surface area (Å²) in [6.07, 6.45) is 2.60. The van der Waals surface area contributed by atoms with E-state index in [2.05, 4.69) is 46.7 Å². The van der Waals surface area contributed by atoms with Crippen molar-refractivity contribution in [1.82, 2.24) is 4.90 Å². The van der Waals surface area contributed by atoms with Gasteiger partial charge >= 0.3 is 0 Å². The van der Waals surface area contributed by atoms with Crippen LogP contribution in [0.5, 0.6) is 5.75 Å². The summed E-state index contributed by atoms with van der Waals surface area (Å²) in [4.78, 5) is 2.39. The van der Waals surface area contributed by atoms with Crippen molar-refractivity contribution in [2.45, 2.75) is 12.8 Å². The zero-order chi connectivity index (χ0) is 11.4. The van der Waals surface area contributed by atoms with Gasteiger partial charge in [0.15, 0.2) is 0 Å². The summed E-state index contributed by atoms with van der Waals surface area (Å²) >= 11 is 2.31. The van der Waals surface area contributed by atoms with Gasteiger partial charge in [0.2, 0.25) is 0 Å². The molecule has 16 heavy (non-hydrogen) atoms. The van der Waals surface area contributed by atoms with Crippen LogP contribution in [0.15, 0.2) is 24.3 Å². The number of hydrogen-bond donors (Lipinski definition) is 0. The van der Waals surface area contributed by atoms with Crippen LogP contribution in [0.4, 0.5) is 0 Å². The van der Waals surface area contributed by atoms with Crippen LogP contribution >= 0.6 is 22.6 Å². The summed E-state index contributed by atoms with van der Waals surface area (Å²) in [6, 6.07) is 8.27. The van der Waals surface area contributed by atoms with Gasteiger partial charge in [0, 0.05) is 16.0 Å². The maximum absolute atomic E-state index is 5.82. The number of ether oxygens (including phenoxy) is 1. The molecule has 88 valence electrons. The minimum Gasteiger partial charge on any atom is -0.493 e. The second-order valence-electron chi connectivity index (χ2n) is 4.54. The van der Waals surface area contributed by atoms with E-state index >= 15 is 0 Å². The highest BCUT2D eigenvalue weighted by Crippen LogP contribution is 2.18. The molecule has 3 heteroatoms. The Labute approximate surface area is 111 Å². The van der Waals surface area contributed by atoms with Gasteiger partial charge in [-0.05, 0) is 73.3 Å². The Bertz CT molecular complexity index is 325. The standard InChI is InChI=1S/C13H18INO/c1-15-8-2-3-11(9-15)10-16-13-6-4-12(14)5-7-13/h4-7,11H,2-3,8-10H2,1H3. The number of piperidine rings is 1. The molecule has 1 atom stereocenters. The third kappa shape index (κ3) is 3.63. The molecule has 0 saturated carbocycles. The smallest absolute Gasteiger partial charge is 0.119 e. The molecule has 0 spiro atoms. The normalized spacial score (nSPS) is 22.0. The lowest BCUT2D eigenvalue weighted by Crippen LogP contribution is -2.34. The molecule has 1 aliphatic heterocycles. The van der Waals surface area contributed by atoms with E-state index in [1.165, 1.54) is 29.5 Å². The number of rotatable bonds is 3. The highest BCUT2D eigenvalue weighted by atomic mass is 127. The second-order valence-corrected chi connectivity index (χ2v) is 5.78. The van der Waals surface area contributed by atoms with Gasteiger partial charge in [-0.3, -0.25) is 0 Å². The zero-order valence-electron chi connectivity index (χ0n) is 9.66. The van der Waals surface area contributed by atoms with Crippen LogP contribution in [0, 0.1) is 9.49 Å². The molecule has 0 N–H and O–H groups in total. The van der Waals surface area contributed by atoms with Gasteiger partial charge < -0.3 is 9.64 Å². The molecule has 2 nitrogen and oxygen atoms in total. The van der Waals surface area contributed by atoms with Gasteiger partial charge in [-0.25, -0.2) is 0 Å². The Kier molecular flexibility index (Phi) is 4.46. The molecule has 0 aromatic heterocycles. The molecule has 0 bridgehead atoms. The van der Waals surface area contributed by atoms with E-state index < -0.39 is 0 Å². The van der Waals surface area contributed by atoms with Crippen LogP contribution in [-0.4, -0.2) is 31.6 Å². The fourth-order valence-corrected chi connectivity index (χ4v) is 2.51. The second kappa shape index (κ2) is 5.87. The third-order valence-electron chi connectivity index (χ3n) is 3.02. The minimum atomic E-state index is 0.693. The summed E-state index contributed by atoms with van der Waals surface area (Å²) in [5.74, 6) is 1.69. The average Bonchev–Trinajstić information content (AvgIpc) is 2.28. The Hall–Kier alpha value is -0.290. The quantitative estimate of drug-likeness (QED) is 0.790. The summed E-state index contributed by atoms with van der Waals surface area (Å²) in [6.45, 7) is 3.26. The van der Waals surface area contributed by atoms with Crippen molar-refractivity contribution in [3.8, 4) is 5.75 Å². The predicted octanol–water partition coefficient (Wildman–Crippen LogP) is 3.01. The van der Waals surface area contributed by atoms with Gasteiger partial charge in [-0.1, -0.05) is 0 Å². The molecule has 0 aliphatic carbocycles. The van der Waals surface area contributed by atoms with Crippen LogP contribution in [0.2, 0.25) is 0 Å². The average molecular weight is 331 g/mol. The van der Waals surface area contributed by atoms with E-state index in [4.69, 9.17) is 4.74 Å². The van der Waals surface area contributed by atoms with Crippen molar-refractivity contribution in [1.29, 1.82) is 0 Å². The van der Waals surface area contributed by atoms with Crippen LogP contribution in [0.3, 0.4) is 0 Å². The number of likely N-dealkylation sites (tertiary alicyclic amines) is 1. The fourth-order valence-electron chi connectivity index (χ4n) is 2.15. The predicted molar refractivity (Wildman–Crippen MR) is 74.9 cm³/mol. The van der Waals surface area contributed by atoms with Crippen LogP contribution < -0.4 is 4.74 Å². The number of nitrogens with zero attached hydrogens (tertiary/aromatic N) is 1. The minimum absolute atomic E-state index is 0.693. The van der Waals surface area contributed by atoms with Crippen LogP contribution in [0.1, 0.15) is 12.8 Å². The lowest BCUT2D eigenvalue weighted by molar-refractivity contribution is 0.150. The lowest BCUT2D eigenvalue weighted by atomic mass is 10.00. The van der Waals surface area contributed by atoms with E-state index in [0.29, 0.717) is 5.92 Å². The van der Waals surface area contributed by atoms with Gasteiger partial charge in [-0.15, -0.1) is 0 Å². The van der Waals surface area contributed by atoms with E-state index in [-0.39, 0.29) is 0 Å². The molecule has 0 radical (unpaired) electrons. The highest BCUT2D eigenvalue weighted by Gasteiger charge is 2.17. The van der Waals surface area contributed by atoms with Crippen LogP contribution in [0.25, 0.3) is 0 Å². The van der Waals surface area contributed by atoms with Crippen molar-refractivity contribution < 1.29 is 4.74 Å². The van der Waals surface area contributed by atoms with Gasteiger partial charge in [-0.2, -0.15) is 0 Å². The molecule has 0 amide bonds. The monoisotopic (exact) mass is 331 g/mol. The summed E-state index contributed by atoms with van der Waals surface area (Å²) in [5.41, 5.74) is 0. The maximum Gasteiger partial charge on any atom is 0.119 e. The molecule has 1 aromatic carbocycles. The van der Waals surface area contributed by atoms with E-state index in [1.807, 2.05) is 12.1 Å². The molecule has 1 fully saturated rings. The maximum atomic E-state index is 5.82. The van der Waals surface area contributed by atoms with Gasteiger partial charge in [0.25, 0.3) is 0 Å². The molecular weight excluding hydrogens is 313 g/mol. The van der Waals surface area contributed by atoms with E-state index in [9.17, 15) is 0 Å². The molecule has 2 rings (SSSR count). The SMILES string of the molecule is CN1CCCC(COc2ccc(I)cc2)C1. The first-order valence-electron chi connectivity index (χ1n) is 5.81. The van der Waals surface area contributed by atoms with E-state index in [1.54, 1.807) is 0 Å². The largest absolute Gasteiger partial charge is 0.493 e. The molecule has 1 aliphatic rings.